The summed E-state index contributed by atoms with van der Waals surface area (Å²) in [5.74, 6) is -0.826. The Hall–Kier alpha value is -5.03. The van der Waals surface area contributed by atoms with E-state index in [4.69, 9.17) is 28.9 Å². The molecule has 2 aliphatic carbocycles. The Bertz CT molecular complexity index is 2190. The van der Waals surface area contributed by atoms with Crippen LogP contribution in [0.25, 0.3) is 6.08 Å². The first-order valence-electron chi connectivity index (χ1n) is 22.9. The zero-order valence-corrected chi connectivity index (χ0v) is 39.3. The predicted molar refractivity (Wildman–Crippen MR) is 256 cm³/mol. The molecule has 3 aromatic rings. The number of oxime groups is 1. The summed E-state index contributed by atoms with van der Waals surface area (Å²) in [5, 5.41) is 45.9. The average molecular weight is 928 g/mol. The molecular weight excluding hydrogens is 863 g/mol. The molecule has 0 spiro atoms. The van der Waals surface area contributed by atoms with Crippen LogP contribution in [0.5, 0.6) is 17.2 Å². The van der Waals surface area contributed by atoms with Crippen LogP contribution in [0.4, 0.5) is 5.69 Å². The van der Waals surface area contributed by atoms with Crippen molar-refractivity contribution in [3.8, 4) is 17.2 Å². The van der Waals surface area contributed by atoms with E-state index in [1.54, 1.807) is 40.9 Å². The summed E-state index contributed by atoms with van der Waals surface area (Å²) >= 11 is 1.65. The minimum Gasteiger partial charge on any atom is -0.459 e. The number of nitrogens with zero attached hydrogens (tertiary/aromatic N) is 3. The summed E-state index contributed by atoms with van der Waals surface area (Å²) in [7, 11) is 0. The third kappa shape index (κ3) is 12.3. The van der Waals surface area contributed by atoms with Gasteiger partial charge in [-0.15, -0.1) is 18.3 Å². The Morgan fingerprint density at radius 1 is 0.985 bits per heavy atom. The predicted octanol–water partition coefficient (Wildman–Crippen LogP) is 9.09. The molecule has 14 nitrogen and oxygen atoms in total. The number of fused-ring (bicyclic) bond motifs is 2. The van der Waals surface area contributed by atoms with Crippen molar-refractivity contribution in [1.82, 2.24) is 4.90 Å². The van der Waals surface area contributed by atoms with Gasteiger partial charge in [-0.1, -0.05) is 30.1 Å². The lowest BCUT2D eigenvalue weighted by Gasteiger charge is -2.60. The number of aliphatic hydroxyl groups excluding tert-OH is 3. The molecule has 0 aromatic heterocycles. The summed E-state index contributed by atoms with van der Waals surface area (Å²) in [6.45, 7) is 10.1. The van der Waals surface area contributed by atoms with Crippen LogP contribution in [-0.4, -0.2) is 107 Å². The van der Waals surface area contributed by atoms with Crippen molar-refractivity contribution in [2.45, 2.75) is 94.0 Å². The molecular formula is C51H65N3O11S. The molecule has 0 unspecified atom stereocenters. The first kappa shape index (κ1) is 50.4. The van der Waals surface area contributed by atoms with Gasteiger partial charge in [-0.25, -0.2) is 0 Å². The number of carbonyl (C=O) groups is 1. The van der Waals surface area contributed by atoms with Gasteiger partial charge in [0.05, 0.1) is 43.0 Å². The summed E-state index contributed by atoms with van der Waals surface area (Å²) in [6, 6.07) is 18.9. The quantitative estimate of drug-likeness (QED) is 0.0194. The number of nitro groups is 1. The lowest BCUT2D eigenvalue weighted by Crippen LogP contribution is -2.70. The van der Waals surface area contributed by atoms with Crippen LogP contribution in [0.2, 0.25) is 0 Å². The number of rotatable bonds is 24. The Morgan fingerprint density at radius 3 is 2.35 bits per heavy atom. The van der Waals surface area contributed by atoms with Gasteiger partial charge < -0.3 is 44.0 Å². The summed E-state index contributed by atoms with van der Waals surface area (Å²) < 4.78 is 26.8. The molecule has 0 bridgehead atoms. The maximum absolute atomic E-state index is 14.9. The molecule has 1 aliphatic heterocycles. The number of benzene rings is 3. The van der Waals surface area contributed by atoms with Gasteiger partial charge in [0.1, 0.15) is 28.9 Å². The van der Waals surface area contributed by atoms with Gasteiger partial charge in [-0.05, 0) is 136 Å². The van der Waals surface area contributed by atoms with Crippen LogP contribution >= 0.6 is 11.8 Å². The molecule has 0 radical (unpaired) electrons. The minimum atomic E-state index is -1.52. The van der Waals surface area contributed by atoms with Crippen LogP contribution in [0.1, 0.15) is 82.8 Å². The molecule has 66 heavy (non-hydrogen) atoms. The minimum absolute atomic E-state index is 0.00271. The molecule has 6 atom stereocenters. The largest absolute Gasteiger partial charge is 0.459 e. The van der Waals surface area contributed by atoms with Gasteiger partial charge in [0.15, 0.2) is 0 Å². The van der Waals surface area contributed by atoms with E-state index in [2.05, 4.69) is 18.7 Å². The molecule has 3 N–H and O–H groups in total. The van der Waals surface area contributed by atoms with Gasteiger partial charge in [-0.3, -0.25) is 14.9 Å². The molecule has 356 valence electrons. The normalized spacial score (nSPS) is 22.8. The fourth-order valence-electron chi connectivity index (χ4n) is 9.40. The standard InChI is InChI=1S/C51H65N3O11S/c1-6-29-62-51-46(53(25-30-61-31-28-57)47(58)24-15-35-13-16-37(17-14-35)54(59)60)34-44(52-65-50(2,3)4)42-32-36(11-7-9-26-55)41(12-8-10-27-56)48(49(42)51)43-33-39(20-23-45(43)64-51)63-38-18-21-40(66-5)22-19-38/h6,13-24,32-33,36,41,46,48-49,55-57H,1,7-12,25-31,34H2,2-5H3/t36-,41+,46-,48+,49+,51+/m0/s1. The van der Waals surface area contributed by atoms with Crippen LogP contribution in [0.15, 0.2) is 107 Å². The van der Waals surface area contributed by atoms with E-state index in [0.717, 1.165) is 41.7 Å². The number of carbonyl (C=O) groups excluding carboxylic acids is 1. The maximum atomic E-state index is 14.9. The van der Waals surface area contributed by atoms with Crippen LogP contribution in [0.3, 0.4) is 0 Å². The van der Waals surface area contributed by atoms with E-state index in [-0.39, 0.29) is 76.0 Å². The fourth-order valence-corrected chi connectivity index (χ4v) is 9.81. The van der Waals surface area contributed by atoms with Crippen molar-refractivity contribution in [2.24, 2.45) is 22.9 Å². The molecule has 1 saturated carbocycles. The highest BCUT2D eigenvalue weighted by Gasteiger charge is 2.65. The van der Waals surface area contributed by atoms with Crippen LogP contribution in [0, 0.1) is 27.9 Å². The van der Waals surface area contributed by atoms with Crippen molar-refractivity contribution in [2.75, 3.05) is 52.4 Å². The first-order valence-corrected chi connectivity index (χ1v) is 24.1. The number of allylic oxidation sites excluding steroid dienone is 1. The third-order valence-corrected chi connectivity index (χ3v) is 13.0. The summed E-state index contributed by atoms with van der Waals surface area (Å²) in [6.07, 6.45) is 13.6. The highest BCUT2D eigenvalue weighted by molar-refractivity contribution is 7.98. The van der Waals surface area contributed by atoms with Crippen molar-refractivity contribution < 1.29 is 48.8 Å². The zero-order valence-electron chi connectivity index (χ0n) is 38.5. The third-order valence-electron chi connectivity index (χ3n) is 12.3. The molecule has 1 amide bonds. The van der Waals surface area contributed by atoms with E-state index in [1.807, 2.05) is 63.4 Å². The lowest BCUT2D eigenvalue weighted by molar-refractivity contribution is -0.384. The van der Waals surface area contributed by atoms with E-state index < -0.39 is 34.2 Å². The molecule has 1 heterocycles. The SMILES string of the molecule is C=CCO[C@@]12Oc3ccc(Oc4ccc(SC)cc4)cc3[C@H]3[C@H](CCCCO)[C@@H](CCCCO)C=C(C(=NOC(C)(C)C)C[C@@H]1N(CCOCCO)C(=O)C=Cc1ccc([N+](=O)[O-])cc1)[C@H]32. The number of hydrogen-bond acceptors (Lipinski definition) is 13. The highest BCUT2D eigenvalue weighted by Crippen LogP contribution is 2.62. The van der Waals surface area contributed by atoms with E-state index >= 15 is 0 Å². The molecule has 3 aromatic carbocycles. The topological polar surface area (TPSA) is 183 Å². The van der Waals surface area contributed by atoms with Gasteiger partial charge in [-0.2, -0.15) is 0 Å². The molecule has 0 saturated heterocycles. The van der Waals surface area contributed by atoms with Crippen molar-refractivity contribution in [3.05, 3.63) is 118 Å². The number of non-ortho nitro benzene ring substituents is 1. The Morgan fingerprint density at radius 2 is 1.70 bits per heavy atom. The van der Waals surface area contributed by atoms with E-state index in [0.29, 0.717) is 41.4 Å². The van der Waals surface area contributed by atoms with Crippen molar-refractivity contribution in [1.29, 1.82) is 0 Å². The first-order chi connectivity index (χ1) is 31.9. The van der Waals surface area contributed by atoms with Crippen LogP contribution in [-0.2, 0) is 19.1 Å². The summed E-state index contributed by atoms with van der Waals surface area (Å²) in [4.78, 5) is 34.9. The molecule has 1 fully saturated rings. The van der Waals surface area contributed by atoms with Crippen molar-refractivity contribution in [3.63, 3.8) is 0 Å². The molecule has 6 rings (SSSR count). The van der Waals surface area contributed by atoms with Gasteiger partial charge in [0, 0.05) is 60.8 Å². The summed E-state index contributed by atoms with van der Waals surface area (Å²) in [5.41, 5.74) is 2.32. The van der Waals surface area contributed by atoms with E-state index in [1.165, 1.54) is 18.2 Å². The average Bonchev–Trinajstić information content (AvgIpc) is 3.31. The number of ether oxygens (including phenoxy) is 4. The van der Waals surface area contributed by atoms with E-state index in [9.17, 15) is 30.2 Å². The lowest BCUT2D eigenvalue weighted by atomic mass is 9.55. The zero-order chi connectivity index (χ0) is 47.3. The van der Waals surface area contributed by atoms with Crippen molar-refractivity contribution >= 4 is 35.1 Å². The fraction of sp³-hybridized carbons (Fsp3) is 0.490. The van der Waals surface area contributed by atoms with Gasteiger partial charge >= 0.3 is 0 Å². The highest BCUT2D eigenvalue weighted by atomic mass is 32.2. The monoisotopic (exact) mass is 927 g/mol. The number of amides is 1. The molecule has 15 heteroatoms. The Labute approximate surface area is 392 Å². The number of aliphatic hydroxyl groups is 3. The number of hydrogen-bond donors (Lipinski definition) is 3. The maximum Gasteiger partial charge on any atom is 0.269 e. The van der Waals surface area contributed by atoms with Crippen LogP contribution < -0.4 is 9.47 Å². The second kappa shape index (κ2) is 23.6. The second-order valence-corrected chi connectivity index (χ2v) is 18.7. The smallest absolute Gasteiger partial charge is 0.269 e. The second-order valence-electron chi connectivity index (χ2n) is 17.8. The number of thioether (sulfide) groups is 1. The molecule has 3 aliphatic rings. The number of nitro benzene ring substituents is 1. The van der Waals surface area contributed by atoms with Gasteiger partial charge in [0.25, 0.3) is 5.69 Å². The Kier molecular flexibility index (Phi) is 18.0. The van der Waals surface area contributed by atoms with Gasteiger partial charge in [0.2, 0.25) is 11.7 Å². The Balaban J connectivity index is 1.58. The number of unbranched alkanes of at least 4 members (excludes halogenated alkanes) is 2.